The Hall–Kier alpha value is -1.85. The summed E-state index contributed by atoms with van der Waals surface area (Å²) in [6.07, 6.45) is 5.12. The minimum absolute atomic E-state index is 0.0387. The lowest BCUT2D eigenvalue weighted by molar-refractivity contribution is -0.126. The Labute approximate surface area is 133 Å². The summed E-state index contributed by atoms with van der Waals surface area (Å²) < 4.78 is 2.08. The molecule has 0 aliphatic carbocycles. The highest BCUT2D eigenvalue weighted by atomic mass is 35.5. The molecule has 2 atom stereocenters. The monoisotopic (exact) mass is 319 g/mol. The molecule has 1 aromatic carbocycles. The number of aliphatic hydroxyl groups is 1. The van der Waals surface area contributed by atoms with E-state index in [1.165, 1.54) is 0 Å². The lowest BCUT2D eigenvalue weighted by Gasteiger charge is -2.25. The SMILES string of the molecule is O=C(NC(CO)c1ccc(Cl)cc1)C1CCn2ccnc2C1. The second-order valence-electron chi connectivity index (χ2n) is 5.52. The second-order valence-corrected chi connectivity index (χ2v) is 5.96. The fourth-order valence-electron chi connectivity index (χ4n) is 2.79. The first-order valence-corrected chi connectivity index (χ1v) is 7.72. The zero-order valence-electron chi connectivity index (χ0n) is 12.1. The number of imidazole rings is 1. The van der Waals surface area contributed by atoms with E-state index >= 15 is 0 Å². The lowest BCUT2D eigenvalue weighted by Crippen LogP contribution is -2.38. The first-order chi connectivity index (χ1) is 10.7. The average molecular weight is 320 g/mol. The van der Waals surface area contributed by atoms with Gasteiger partial charge in [0.15, 0.2) is 0 Å². The van der Waals surface area contributed by atoms with Crippen LogP contribution in [0.3, 0.4) is 0 Å². The Bertz CT molecular complexity index is 654. The molecule has 5 nitrogen and oxygen atoms in total. The summed E-state index contributed by atoms with van der Waals surface area (Å²) in [5.41, 5.74) is 0.845. The van der Waals surface area contributed by atoms with Crippen molar-refractivity contribution in [3.05, 3.63) is 53.1 Å². The Morgan fingerprint density at radius 3 is 2.95 bits per heavy atom. The van der Waals surface area contributed by atoms with E-state index < -0.39 is 6.04 Å². The van der Waals surface area contributed by atoms with Crippen molar-refractivity contribution in [3.8, 4) is 0 Å². The zero-order valence-corrected chi connectivity index (χ0v) is 12.8. The molecule has 116 valence electrons. The molecule has 0 bridgehead atoms. The molecule has 0 saturated heterocycles. The van der Waals surface area contributed by atoms with Crippen LogP contribution in [0.15, 0.2) is 36.7 Å². The smallest absolute Gasteiger partial charge is 0.224 e. The van der Waals surface area contributed by atoms with E-state index in [0.29, 0.717) is 11.4 Å². The van der Waals surface area contributed by atoms with Gasteiger partial charge in [0.2, 0.25) is 5.91 Å². The molecule has 6 heteroatoms. The van der Waals surface area contributed by atoms with Gasteiger partial charge in [0, 0.05) is 36.3 Å². The molecule has 2 aromatic rings. The van der Waals surface area contributed by atoms with Gasteiger partial charge in [-0.3, -0.25) is 4.79 Å². The molecule has 1 aliphatic rings. The van der Waals surface area contributed by atoms with Crippen LogP contribution in [-0.2, 0) is 17.8 Å². The number of carbonyl (C=O) groups is 1. The minimum atomic E-state index is -0.411. The summed E-state index contributed by atoms with van der Waals surface area (Å²) in [7, 11) is 0. The number of aromatic nitrogens is 2. The van der Waals surface area contributed by atoms with Crippen molar-refractivity contribution >= 4 is 17.5 Å². The van der Waals surface area contributed by atoms with E-state index in [9.17, 15) is 9.90 Å². The van der Waals surface area contributed by atoms with E-state index in [2.05, 4.69) is 14.9 Å². The molecule has 0 radical (unpaired) electrons. The number of halogens is 1. The number of fused-ring (bicyclic) bond motifs is 1. The molecule has 22 heavy (non-hydrogen) atoms. The fraction of sp³-hybridized carbons (Fsp3) is 0.375. The fourth-order valence-corrected chi connectivity index (χ4v) is 2.92. The standard InChI is InChI=1S/C16H18ClN3O2/c17-13-3-1-11(2-4-13)14(10-21)19-16(22)12-5-7-20-8-6-18-15(20)9-12/h1-4,6,8,12,14,21H,5,7,9-10H2,(H,19,22). The normalized spacial score (nSPS) is 18.5. The van der Waals surface area contributed by atoms with Gasteiger partial charge in [-0.05, 0) is 24.1 Å². The average Bonchev–Trinajstić information content (AvgIpc) is 3.01. The van der Waals surface area contributed by atoms with Crippen LogP contribution in [0.5, 0.6) is 0 Å². The van der Waals surface area contributed by atoms with Crippen molar-refractivity contribution < 1.29 is 9.90 Å². The number of rotatable bonds is 4. The van der Waals surface area contributed by atoms with Crippen molar-refractivity contribution in [2.75, 3.05) is 6.61 Å². The van der Waals surface area contributed by atoms with Gasteiger partial charge in [-0.25, -0.2) is 4.98 Å². The quantitative estimate of drug-likeness (QED) is 0.905. The van der Waals surface area contributed by atoms with Gasteiger partial charge in [-0.2, -0.15) is 0 Å². The number of benzene rings is 1. The van der Waals surface area contributed by atoms with Gasteiger partial charge >= 0.3 is 0 Å². The van der Waals surface area contributed by atoms with Crippen molar-refractivity contribution in [2.24, 2.45) is 5.92 Å². The number of amides is 1. The Balaban J connectivity index is 1.66. The van der Waals surface area contributed by atoms with Crippen LogP contribution in [0.25, 0.3) is 0 Å². The third-order valence-electron chi connectivity index (χ3n) is 4.09. The Kier molecular flexibility index (Phi) is 4.45. The van der Waals surface area contributed by atoms with Crippen molar-refractivity contribution in [2.45, 2.75) is 25.4 Å². The highest BCUT2D eigenvalue weighted by molar-refractivity contribution is 6.30. The number of aryl methyl sites for hydroxylation is 1. The number of hydrogen-bond acceptors (Lipinski definition) is 3. The van der Waals surface area contributed by atoms with E-state index in [1.54, 1.807) is 18.3 Å². The summed E-state index contributed by atoms with van der Waals surface area (Å²) in [4.78, 5) is 16.7. The molecular formula is C16H18ClN3O2. The Morgan fingerprint density at radius 2 is 2.23 bits per heavy atom. The van der Waals surface area contributed by atoms with Crippen LogP contribution < -0.4 is 5.32 Å². The van der Waals surface area contributed by atoms with E-state index in [-0.39, 0.29) is 18.4 Å². The predicted octanol–water partition coefficient (Wildman–Crippen LogP) is 1.95. The summed E-state index contributed by atoms with van der Waals surface area (Å²) in [5.74, 6) is 0.804. The minimum Gasteiger partial charge on any atom is -0.394 e. The van der Waals surface area contributed by atoms with Gasteiger partial charge in [-0.1, -0.05) is 23.7 Å². The predicted molar refractivity (Wildman–Crippen MR) is 83.5 cm³/mol. The van der Waals surface area contributed by atoms with E-state index in [4.69, 9.17) is 11.6 Å². The van der Waals surface area contributed by atoms with Gasteiger partial charge in [0.1, 0.15) is 5.82 Å². The summed E-state index contributed by atoms with van der Waals surface area (Å²) >= 11 is 5.87. The number of nitrogens with one attached hydrogen (secondary N) is 1. The maximum Gasteiger partial charge on any atom is 0.224 e. The van der Waals surface area contributed by atoms with Crippen LogP contribution in [-0.4, -0.2) is 27.2 Å². The number of nitrogens with zero attached hydrogens (tertiary/aromatic N) is 2. The van der Waals surface area contributed by atoms with Crippen molar-refractivity contribution in [1.82, 2.24) is 14.9 Å². The van der Waals surface area contributed by atoms with Crippen LogP contribution >= 0.6 is 11.6 Å². The van der Waals surface area contributed by atoms with Crippen molar-refractivity contribution in [3.63, 3.8) is 0 Å². The molecule has 0 saturated carbocycles. The first-order valence-electron chi connectivity index (χ1n) is 7.34. The van der Waals surface area contributed by atoms with Gasteiger partial charge in [0.25, 0.3) is 0 Å². The molecule has 2 unspecified atom stereocenters. The molecule has 3 rings (SSSR count). The molecule has 0 spiro atoms. The largest absolute Gasteiger partial charge is 0.394 e. The van der Waals surface area contributed by atoms with Crippen LogP contribution in [0.2, 0.25) is 5.02 Å². The number of hydrogen-bond donors (Lipinski definition) is 2. The number of aliphatic hydroxyl groups excluding tert-OH is 1. The van der Waals surface area contributed by atoms with E-state index in [0.717, 1.165) is 24.4 Å². The summed E-state index contributed by atoms with van der Waals surface area (Å²) in [5, 5.41) is 13.1. The molecule has 1 aliphatic heterocycles. The van der Waals surface area contributed by atoms with Crippen LogP contribution in [0.1, 0.15) is 23.9 Å². The van der Waals surface area contributed by atoms with Crippen LogP contribution in [0.4, 0.5) is 0 Å². The zero-order chi connectivity index (χ0) is 15.5. The van der Waals surface area contributed by atoms with E-state index in [1.807, 2.05) is 18.3 Å². The second kappa shape index (κ2) is 6.50. The van der Waals surface area contributed by atoms with Crippen molar-refractivity contribution in [1.29, 1.82) is 0 Å². The third-order valence-corrected chi connectivity index (χ3v) is 4.34. The lowest BCUT2D eigenvalue weighted by atomic mass is 9.96. The Morgan fingerprint density at radius 1 is 1.45 bits per heavy atom. The molecule has 0 fully saturated rings. The van der Waals surface area contributed by atoms with Gasteiger partial charge in [-0.15, -0.1) is 0 Å². The topological polar surface area (TPSA) is 67.2 Å². The molecule has 1 aromatic heterocycles. The highest BCUT2D eigenvalue weighted by Gasteiger charge is 2.27. The van der Waals surface area contributed by atoms with Gasteiger partial charge < -0.3 is 15.0 Å². The maximum atomic E-state index is 12.5. The maximum absolute atomic E-state index is 12.5. The van der Waals surface area contributed by atoms with Crippen LogP contribution in [0, 0.1) is 5.92 Å². The molecule has 2 N–H and O–H groups in total. The summed E-state index contributed by atoms with van der Waals surface area (Å²) in [6.45, 7) is 0.660. The number of carbonyl (C=O) groups excluding carboxylic acids is 1. The third kappa shape index (κ3) is 3.15. The molecular weight excluding hydrogens is 302 g/mol. The molecule has 2 heterocycles. The van der Waals surface area contributed by atoms with Gasteiger partial charge in [0.05, 0.1) is 12.6 Å². The summed E-state index contributed by atoms with van der Waals surface area (Å²) in [6, 6.07) is 6.73. The first kappa shape index (κ1) is 15.1. The molecule has 1 amide bonds. The highest BCUT2D eigenvalue weighted by Crippen LogP contribution is 2.21.